The number of para-hydroxylation sites is 1. The molecule has 0 aliphatic heterocycles. The Balaban J connectivity index is 2.06. The summed E-state index contributed by atoms with van der Waals surface area (Å²) in [5.74, 6) is -0.412. The predicted octanol–water partition coefficient (Wildman–Crippen LogP) is 3.10. The summed E-state index contributed by atoms with van der Waals surface area (Å²) in [4.78, 5) is 24.7. The van der Waals surface area contributed by atoms with Gasteiger partial charge in [-0.3, -0.25) is 9.59 Å². The molecule has 2 amide bonds. The van der Waals surface area contributed by atoms with E-state index in [1.807, 2.05) is 51.1 Å². The molecule has 0 saturated heterocycles. The molecule has 0 spiro atoms. The quantitative estimate of drug-likeness (QED) is 0.782. The van der Waals surface area contributed by atoms with E-state index in [4.69, 9.17) is 5.73 Å². The first-order valence-electron chi connectivity index (χ1n) is 8.28. The summed E-state index contributed by atoms with van der Waals surface area (Å²) in [5.41, 5.74) is 7.44. The van der Waals surface area contributed by atoms with Crippen LogP contribution in [0.3, 0.4) is 0 Å². The minimum atomic E-state index is -0.542. The van der Waals surface area contributed by atoms with E-state index in [9.17, 15) is 9.59 Å². The van der Waals surface area contributed by atoms with Gasteiger partial charge in [0.05, 0.1) is 11.3 Å². The minimum Gasteiger partial charge on any atom is -0.350 e. The molecular formula is C20H25N3O2. The largest absolute Gasteiger partial charge is 0.350 e. The molecule has 132 valence electrons. The van der Waals surface area contributed by atoms with Crippen molar-refractivity contribution in [3.05, 3.63) is 65.7 Å². The zero-order chi connectivity index (χ0) is 18.4. The van der Waals surface area contributed by atoms with E-state index >= 15 is 0 Å². The van der Waals surface area contributed by atoms with Crippen molar-refractivity contribution < 1.29 is 9.59 Å². The van der Waals surface area contributed by atoms with Crippen LogP contribution in [-0.4, -0.2) is 18.4 Å². The zero-order valence-electron chi connectivity index (χ0n) is 14.9. The number of amides is 2. The van der Waals surface area contributed by atoms with Crippen LogP contribution in [0.2, 0.25) is 0 Å². The van der Waals surface area contributed by atoms with Crippen LogP contribution in [0.15, 0.2) is 54.6 Å². The third-order valence-electron chi connectivity index (χ3n) is 3.81. The van der Waals surface area contributed by atoms with E-state index in [-0.39, 0.29) is 17.9 Å². The van der Waals surface area contributed by atoms with Crippen molar-refractivity contribution in [3.8, 4) is 0 Å². The summed E-state index contributed by atoms with van der Waals surface area (Å²) in [6.07, 6.45) is 0. The van der Waals surface area contributed by atoms with E-state index in [0.717, 1.165) is 5.56 Å². The molecule has 0 aromatic heterocycles. The number of nitrogens with one attached hydrogen (secondary N) is 2. The molecule has 0 bridgehead atoms. The summed E-state index contributed by atoms with van der Waals surface area (Å²) >= 11 is 0. The fraction of sp³-hybridized carbons (Fsp3) is 0.300. The lowest BCUT2D eigenvalue weighted by Gasteiger charge is -2.19. The van der Waals surface area contributed by atoms with Gasteiger partial charge in [-0.05, 0) is 17.7 Å². The van der Waals surface area contributed by atoms with E-state index < -0.39 is 5.41 Å². The summed E-state index contributed by atoms with van der Waals surface area (Å²) < 4.78 is 0. The second-order valence-corrected chi connectivity index (χ2v) is 6.98. The Kier molecular flexibility index (Phi) is 5.93. The molecule has 25 heavy (non-hydrogen) atoms. The van der Waals surface area contributed by atoms with Gasteiger partial charge >= 0.3 is 0 Å². The van der Waals surface area contributed by atoms with Crippen LogP contribution < -0.4 is 16.4 Å². The van der Waals surface area contributed by atoms with Gasteiger partial charge in [0.1, 0.15) is 0 Å². The lowest BCUT2D eigenvalue weighted by atomic mass is 9.95. The molecule has 0 heterocycles. The molecule has 1 unspecified atom stereocenters. The van der Waals surface area contributed by atoms with Crippen LogP contribution in [0.4, 0.5) is 5.69 Å². The first-order chi connectivity index (χ1) is 11.8. The van der Waals surface area contributed by atoms with Crippen molar-refractivity contribution in [2.75, 3.05) is 11.9 Å². The molecule has 2 rings (SSSR count). The van der Waals surface area contributed by atoms with E-state index in [1.54, 1.807) is 24.3 Å². The molecule has 5 heteroatoms. The van der Waals surface area contributed by atoms with Crippen LogP contribution in [0.25, 0.3) is 0 Å². The summed E-state index contributed by atoms with van der Waals surface area (Å²) in [5, 5.41) is 5.65. The van der Waals surface area contributed by atoms with Gasteiger partial charge in [-0.2, -0.15) is 0 Å². The van der Waals surface area contributed by atoms with Crippen molar-refractivity contribution >= 4 is 17.5 Å². The SMILES string of the molecule is CC(C)(C)C(=O)Nc1ccccc1C(=O)NCC(N)c1ccccc1. The average Bonchev–Trinajstić information content (AvgIpc) is 2.59. The summed E-state index contributed by atoms with van der Waals surface area (Å²) in [6, 6.07) is 16.2. The molecular weight excluding hydrogens is 314 g/mol. The fourth-order valence-corrected chi connectivity index (χ4v) is 2.22. The van der Waals surface area contributed by atoms with Crippen molar-refractivity contribution in [3.63, 3.8) is 0 Å². The van der Waals surface area contributed by atoms with Gasteiger partial charge in [0, 0.05) is 18.0 Å². The Morgan fingerprint density at radius 1 is 1.00 bits per heavy atom. The Bertz CT molecular complexity index is 736. The third-order valence-corrected chi connectivity index (χ3v) is 3.81. The van der Waals surface area contributed by atoms with Crippen LogP contribution in [0, 0.1) is 5.41 Å². The molecule has 0 fully saturated rings. The summed E-state index contributed by atoms with van der Waals surface area (Å²) in [6.45, 7) is 5.78. The van der Waals surface area contributed by atoms with Gasteiger partial charge in [0.15, 0.2) is 0 Å². The summed E-state index contributed by atoms with van der Waals surface area (Å²) in [7, 11) is 0. The standard InChI is InChI=1S/C20H25N3O2/c1-20(2,3)19(25)23-17-12-8-7-11-15(17)18(24)22-13-16(21)14-9-5-4-6-10-14/h4-12,16H,13,21H2,1-3H3,(H,22,24)(H,23,25). The molecule has 2 aromatic rings. The van der Waals surface area contributed by atoms with Gasteiger partial charge in [-0.15, -0.1) is 0 Å². The normalized spacial score (nSPS) is 12.3. The van der Waals surface area contributed by atoms with Gasteiger partial charge in [0.2, 0.25) is 5.91 Å². The van der Waals surface area contributed by atoms with Crippen molar-refractivity contribution in [1.82, 2.24) is 5.32 Å². The van der Waals surface area contributed by atoms with Crippen molar-refractivity contribution in [2.45, 2.75) is 26.8 Å². The molecule has 5 nitrogen and oxygen atoms in total. The number of carbonyl (C=O) groups is 2. The number of hydrogen-bond donors (Lipinski definition) is 3. The molecule has 0 aliphatic carbocycles. The van der Waals surface area contributed by atoms with Crippen molar-refractivity contribution in [2.24, 2.45) is 11.1 Å². The second kappa shape index (κ2) is 7.94. The first-order valence-corrected chi connectivity index (χ1v) is 8.28. The van der Waals surface area contributed by atoms with Crippen LogP contribution in [-0.2, 0) is 4.79 Å². The maximum Gasteiger partial charge on any atom is 0.253 e. The number of nitrogens with two attached hydrogens (primary N) is 1. The molecule has 1 atom stereocenters. The first kappa shape index (κ1) is 18.7. The van der Waals surface area contributed by atoms with E-state index in [1.165, 1.54) is 0 Å². The Labute approximate surface area is 148 Å². The number of carbonyl (C=O) groups excluding carboxylic acids is 2. The number of benzene rings is 2. The number of rotatable bonds is 5. The third kappa shape index (κ3) is 5.16. The monoisotopic (exact) mass is 339 g/mol. The lowest BCUT2D eigenvalue weighted by molar-refractivity contribution is -0.123. The maximum absolute atomic E-state index is 12.5. The minimum absolute atomic E-state index is 0.145. The maximum atomic E-state index is 12.5. The highest BCUT2D eigenvalue weighted by molar-refractivity contribution is 6.04. The van der Waals surface area contributed by atoms with E-state index in [2.05, 4.69) is 10.6 Å². The highest BCUT2D eigenvalue weighted by Gasteiger charge is 2.23. The van der Waals surface area contributed by atoms with Crippen LogP contribution in [0.1, 0.15) is 42.7 Å². The van der Waals surface area contributed by atoms with E-state index in [0.29, 0.717) is 17.8 Å². The van der Waals surface area contributed by atoms with Crippen molar-refractivity contribution in [1.29, 1.82) is 0 Å². The molecule has 0 saturated carbocycles. The average molecular weight is 339 g/mol. The van der Waals surface area contributed by atoms with Gasteiger partial charge < -0.3 is 16.4 Å². The van der Waals surface area contributed by atoms with Gasteiger partial charge in [-0.25, -0.2) is 0 Å². The molecule has 0 aliphatic rings. The number of anilines is 1. The zero-order valence-corrected chi connectivity index (χ0v) is 14.9. The number of hydrogen-bond acceptors (Lipinski definition) is 3. The Hall–Kier alpha value is -2.66. The molecule has 0 radical (unpaired) electrons. The highest BCUT2D eigenvalue weighted by Crippen LogP contribution is 2.20. The van der Waals surface area contributed by atoms with Gasteiger partial charge in [-0.1, -0.05) is 63.2 Å². The van der Waals surface area contributed by atoms with Crippen LogP contribution in [0.5, 0.6) is 0 Å². The second-order valence-electron chi connectivity index (χ2n) is 6.98. The van der Waals surface area contributed by atoms with Crippen LogP contribution >= 0.6 is 0 Å². The molecule has 2 aromatic carbocycles. The highest BCUT2D eigenvalue weighted by atomic mass is 16.2. The smallest absolute Gasteiger partial charge is 0.253 e. The topological polar surface area (TPSA) is 84.2 Å². The lowest BCUT2D eigenvalue weighted by Crippen LogP contribution is -2.33. The fourth-order valence-electron chi connectivity index (χ4n) is 2.22. The predicted molar refractivity (Wildman–Crippen MR) is 100 cm³/mol. The Morgan fingerprint density at radius 3 is 2.24 bits per heavy atom. The Morgan fingerprint density at radius 2 is 1.60 bits per heavy atom. The molecule has 4 N–H and O–H groups in total. The van der Waals surface area contributed by atoms with Gasteiger partial charge in [0.25, 0.3) is 5.91 Å².